The standard InChI is InChI=1S/C21H15ClF3N3O3S2/c1-30-13-7-8-15(31-2)14(9-13)28-16(10-22)26-18-17(19(28)29)33-20(32)27(18)12-5-3-11(4-6-12)21(23,24)25/h3-9H,10H2,1-2H3. The van der Waals surface area contributed by atoms with E-state index in [0.717, 1.165) is 23.5 Å². The summed E-state index contributed by atoms with van der Waals surface area (Å²) in [5, 5.41) is 0. The molecule has 0 saturated carbocycles. The lowest BCUT2D eigenvalue weighted by molar-refractivity contribution is -0.137. The Hall–Kier alpha value is -2.89. The average Bonchev–Trinajstić information content (AvgIpc) is 3.14. The van der Waals surface area contributed by atoms with Gasteiger partial charge in [0.1, 0.15) is 22.0 Å². The van der Waals surface area contributed by atoms with Gasteiger partial charge in [0, 0.05) is 11.8 Å². The predicted octanol–water partition coefficient (Wildman–Crippen LogP) is 5.74. The second kappa shape index (κ2) is 8.81. The van der Waals surface area contributed by atoms with Crippen LogP contribution >= 0.6 is 35.2 Å². The maximum atomic E-state index is 13.5. The fourth-order valence-electron chi connectivity index (χ4n) is 3.33. The topological polar surface area (TPSA) is 58.3 Å². The molecule has 33 heavy (non-hydrogen) atoms. The van der Waals surface area contributed by atoms with E-state index in [1.54, 1.807) is 18.2 Å². The number of rotatable bonds is 5. The van der Waals surface area contributed by atoms with Gasteiger partial charge in [0.25, 0.3) is 5.56 Å². The van der Waals surface area contributed by atoms with E-state index in [9.17, 15) is 18.0 Å². The molecular weight excluding hydrogens is 499 g/mol. The summed E-state index contributed by atoms with van der Waals surface area (Å²) < 4.78 is 52.8. The molecule has 0 saturated heterocycles. The quantitative estimate of drug-likeness (QED) is 0.251. The van der Waals surface area contributed by atoms with Crippen molar-refractivity contribution < 1.29 is 22.6 Å². The van der Waals surface area contributed by atoms with Crippen molar-refractivity contribution in [2.75, 3.05) is 14.2 Å². The Morgan fingerprint density at radius 3 is 2.36 bits per heavy atom. The molecule has 0 atom stereocenters. The fourth-order valence-corrected chi connectivity index (χ4v) is 4.82. The van der Waals surface area contributed by atoms with Crippen molar-refractivity contribution in [2.24, 2.45) is 0 Å². The van der Waals surface area contributed by atoms with E-state index in [0.29, 0.717) is 22.9 Å². The smallest absolute Gasteiger partial charge is 0.416 e. The highest BCUT2D eigenvalue weighted by Crippen LogP contribution is 2.32. The van der Waals surface area contributed by atoms with Crippen LogP contribution in [0.25, 0.3) is 21.7 Å². The summed E-state index contributed by atoms with van der Waals surface area (Å²) >= 11 is 12.6. The number of fused-ring (bicyclic) bond motifs is 1. The van der Waals surface area contributed by atoms with Gasteiger partial charge in [0.05, 0.1) is 31.4 Å². The van der Waals surface area contributed by atoms with Crippen LogP contribution in [0.1, 0.15) is 11.4 Å². The summed E-state index contributed by atoms with van der Waals surface area (Å²) in [6.45, 7) is 0. The number of nitrogens with zero attached hydrogens (tertiary/aromatic N) is 3. The van der Waals surface area contributed by atoms with E-state index in [1.165, 1.54) is 35.5 Å². The summed E-state index contributed by atoms with van der Waals surface area (Å²) in [5.41, 5.74) is -0.289. The van der Waals surface area contributed by atoms with Crippen molar-refractivity contribution in [3.63, 3.8) is 0 Å². The van der Waals surface area contributed by atoms with Crippen molar-refractivity contribution in [2.45, 2.75) is 12.1 Å². The Labute approximate surface area is 199 Å². The lowest BCUT2D eigenvalue weighted by Crippen LogP contribution is -2.23. The van der Waals surface area contributed by atoms with Gasteiger partial charge in [-0.15, -0.1) is 11.6 Å². The first-order chi connectivity index (χ1) is 15.7. The SMILES string of the molecule is COc1ccc(OC)c(-n2c(CCl)nc3c(sc(=S)n3-c3ccc(C(F)(F)F)cc3)c2=O)c1. The third kappa shape index (κ3) is 4.11. The molecule has 2 aromatic heterocycles. The summed E-state index contributed by atoms with van der Waals surface area (Å²) in [6.07, 6.45) is -4.47. The number of benzene rings is 2. The van der Waals surface area contributed by atoms with Crippen LogP contribution in [0.5, 0.6) is 11.5 Å². The van der Waals surface area contributed by atoms with Crippen LogP contribution in [0.3, 0.4) is 0 Å². The Balaban J connectivity index is 1.98. The van der Waals surface area contributed by atoms with Crippen molar-refractivity contribution in [3.8, 4) is 22.9 Å². The number of alkyl halides is 4. The Morgan fingerprint density at radius 2 is 1.79 bits per heavy atom. The Bertz CT molecular complexity index is 1460. The van der Waals surface area contributed by atoms with E-state index < -0.39 is 17.3 Å². The zero-order valence-corrected chi connectivity index (χ0v) is 19.5. The maximum absolute atomic E-state index is 13.5. The molecule has 0 radical (unpaired) electrons. The monoisotopic (exact) mass is 513 g/mol. The molecule has 2 heterocycles. The lowest BCUT2D eigenvalue weighted by Gasteiger charge is -2.15. The van der Waals surface area contributed by atoms with Gasteiger partial charge in [-0.3, -0.25) is 13.9 Å². The second-order valence-electron chi connectivity index (χ2n) is 6.74. The normalized spacial score (nSPS) is 11.7. The third-order valence-corrected chi connectivity index (χ3v) is 6.47. The average molecular weight is 514 g/mol. The van der Waals surface area contributed by atoms with Gasteiger partial charge in [-0.05, 0) is 48.6 Å². The van der Waals surface area contributed by atoms with Gasteiger partial charge in [-0.2, -0.15) is 13.2 Å². The highest BCUT2D eigenvalue weighted by atomic mass is 35.5. The molecule has 2 aromatic carbocycles. The van der Waals surface area contributed by atoms with Crippen LogP contribution in [0.4, 0.5) is 13.2 Å². The third-order valence-electron chi connectivity index (χ3n) is 4.88. The molecule has 12 heteroatoms. The van der Waals surface area contributed by atoms with Crippen LogP contribution in [0.2, 0.25) is 0 Å². The number of ether oxygens (including phenoxy) is 2. The molecule has 0 aliphatic heterocycles. The number of methoxy groups -OCH3 is 2. The highest BCUT2D eigenvalue weighted by molar-refractivity contribution is 7.73. The van der Waals surface area contributed by atoms with Crippen molar-refractivity contribution in [1.82, 2.24) is 14.1 Å². The lowest BCUT2D eigenvalue weighted by atomic mass is 10.2. The minimum atomic E-state index is -4.47. The summed E-state index contributed by atoms with van der Waals surface area (Å²) in [4.78, 5) is 18.1. The van der Waals surface area contributed by atoms with Crippen molar-refractivity contribution in [1.29, 1.82) is 0 Å². The fraction of sp³-hybridized carbons (Fsp3) is 0.190. The van der Waals surface area contributed by atoms with Gasteiger partial charge in [-0.25, -0.2) is 4.98 Å². The van der Waals surface area contributed by atoms with Crippen molar-refractivity contribution >= 4 is 45.5 Å². The van der Waals surface area contributed by atoms with E-state index in [4.69, 9.17) is 33.3 Å². The van der Waals surface area contributed by atoms with Gasteiger partial charge < -0.3 is 9.47 Å². The number of hydrogen-bond acceptors (Lipinski definition) is 6. The van der Waals surface area contributed by atoms with E-state index in [2.05, 4.69) is 4.98 Å². The van der Waals surface area contributed by atoms with Crippen LogP contribution in [-0.4, -0.2) is 28.3 Å². The molecule has 6 nitrogen and oxygen atoms in total. The van der Waals surface area contributed by atoms with E-state index in [-0.39, 0.29) is 26.0 Å². The second-order valence-corrected chi connectivity index (χ2v) is 8.65. The first kappa shape index (κ1) is 23.3. The van der Waals surface area contributed by atoms with Crippen LogP contribution in [0.15, 0.2) is 47.3 Å². The molecule has 0 aliphatic carbocycles. The molecule has 0 spiro atoms. The minimum Gasteiger partial charge on any atom is -0.497 e. The molecule has 0 amide bonds. The number of aromatic nitrogens is 3. The van der Waals surface area contributed by atoms with Crippen LogP contribution in [-0.2, 0) is 12.1 Å². The van der Waals surface area contributed by atoms with E-state index in [1.807, 2.05) is 0 Å². The highest BCUT2D eigenvalue weighted by Gasteiger charge is 2.30. The zero-order valence-electron chi connectivity index (χ0n) is 17.1. The first-order valence-corrected chi connectivity index (χ1v) is 11.1. The van der Waals surface area contributed by atoms with Crippen molar-refractivity contribution in [3.05, 3.63) is 68.2 Å². The number of thiazole rings is 1. The molecule has 0 N–H and O–H groups in total. The maximum Gasteiger partial charge on any atom is 0.416 e. The summed E-state index contributed by atoms with van der Waals surface area (Å²) in [7, 11) is 2.96. The van der Waals surface area contributed by atoms with Gasteiger partial charge in [-0.1, -0.05) is 11.3 Å². The Kier molecular flexibility index (Phi) is 6.21. The van der Waals surface area contributed by atoms with Gasteiger partial charge in [0.15, 0.2) is 9.60 Å². The summed E-state index contributed by atoms with van der Waals surface area (Å²) in [5.74, 6) is 0.972. The zero-order chi connectivity index (χ0) is 23.9. The molecular formula is C21H15ClF3N3O3S2. The minimum absolute atomic E-state index is 0.124. The predicted molar refractivity (Wildman–Crippen MR) is 123 cm³/mol. The van der Waals surface area contributed by atoms with Gasteiger partial charge in [0.2, 0.25) is 0 Å². The summed E-state index contributed by atoms with van der Waals surface area (Å²) in [6, 6.07) is 9.42. The largest absolute Gasteiger partial charge is 0.497 e. The van der Waals surface area contributed by atoms with Crippen LogP contribution in [0, 0.1) is 3.95 Å². The van der Waals surface area contributed by atoms with Crippen LogP contribution < -0.4 is 15.0 Å². The molecule has 0 unspecified atom stereocenters. The molecule has 0 bridgehead atoms. The Morgan fingerprint density at radius 1 is 1.09 bits per heavy atom. The molecule has 4 aromatic rings. The number of hydrogen-bond donors (Lipinski definition) is 0. The van der Waals surface area contributed by atoms with E-state index >= 15 is 0 Å². The first-order valence-electron chi connectivity index (χ1n) is 9.33. The molecule has 172 valence electrons. The van der Waals surface area contributed by atoms with Gasteiger partial charge >= 0.3 is 6.18 Å². The molecule has 0 fully saturated rings. The molecule has 4 rings (SSSR count). The molecule has 0 aliphatic rings. The number of halogens is 4.